The molecule has 136 valence electrons. The van der Waals surface area contributed by atoms with E-state index >= 15 is 0 Å². The highest BCUT2D eigenvalue weighted by molar-refractivity contribution is 6.17. The normalized spacial score (nSPS) is 17.6. The van der Waals surface area contributed by atoms with Crippen molar-refractivity contribution >= 4 is 18.0 Å². The van der Waals surface area contributed by atoms with Crippen LogP contribution in [0.25, 0.3) is 6.08 Å². The van der Waals surface area contributed by atoms with Crippen LogP contribution in [0.2, 0.25) is 0 Å². The van der Waals surface area contributed by atoms with E-state index in [0.717, 1.165) is 0 Å². The maximum Gasteiger partial charge on any atom is 0.345 e. The first-order valence-corrected chi connectivity index (χ1v) is 9.27. The van der Waals surface area contributed by atoms with Gasteiger partial charge in [0.05, 0.1) is 6.10 Å². The second-order valence-electron chi connectivity index (χ2n) is 6.84. The average molecular weight is 344 g/mol. The van der Waals surface area contributed by atoms with E-state index in [1.165, 1.54) is 50.2 Å². The summed E-state index contributed by atoms with van der Waals surface area (Å²) in [6, 6.07) is 7.89. The van der Waals surface area contributed by atoms with Crippen LogP contribution in [-0.2, 0) is 14.3 Å². The minimum Gasteiger partial charge on any atom is -0.477 e. The lowest BCUT2D eigenvalue weighted by Gasteiger charge is -2.14. The number of carboxylic acids is 1. The highest BCUT2D eigenvalue weighted by atomic mass is 16.5. The molecule has 0 amide bonds. The summed E-state index contributed by atoms with van der Waals surface area (Å²) in [7, 11) is 0. The molecule has 1 aliphatic carbocycles. The minimum absolute atomic E-state index is 0.298. The summed E-state index contributed by atoms with van der Waals surface area (Å²) in [5, 5.41) is 9.31. The fourth-order valence-corrected chi connectivity index (χ4v) is 3.18. The van der Waals surface area contributed by atoms with Gasteiger partial charge in [0, 0.05) is 0 Å². The van der Waals surface area contributed by atoms with Gasteiger partial charge in [0.15, 0.2) is 0 Å². The van der Waals surface area contributed by atoms with Gasteiger partial charge in [0.1, 0.15) is 5.57 Å². The molecular formula is C21H28O4. The summed E-state index contributed by atoms with van der Waals surface area (Å²) in [6.07, 6.45) is 9.36. The summed E-state index contributed by atoms with van der Waals surface area (Å²) in [5.74, 6) is -1.45. The zero-order valence-corrected chi connectivity index (χ0v) is 15.2. The molecule has 0 bridgehead atoms. The van der Waals surface area contributed by atoms with Crippen molar-refractivity contribution in [1.82, 2.24) is 0 Å². The number of esters is 1. The maximum atomic E-state index is 12.0. The number of carbonyl (C=O) groups excluding carboxylic acids is 1. The van der Waals surface area contributed by atoms with Crippen LogP contribution in [0, 0.1) is 0 Å². The Morgan fingerprint density at radius 1 is 1.16 bits per heavy atom. The van der Waals surface area contributed by atoms with E-state index in [2.05, 4.69) is 12.1 Å². The summed E-state index contributed by atoms with van der Waals surface area (Å²) >= 11 is 0. The first kappa shape index (κ1) is 19.2. The maximum absolute atomic E-state index is 12.0. The lowest BCUT2D eigenvalue weighted by Crippen LogP contribution is -2.20. The second-order valence-corrected chi connectivity index (χ2v) is 6.84. The summed E-state index contributed by atoms with van der Waals surface area (Å²) < 4.78 is 5.14. The molecule has 4 nitrogen and oxygen atoms in total. The van der Waals surface area contributed by atoms with Crippen molar-refractivity contribution in [2.75, 3.05) is 0 Å². The van der Waals surface area contributed by atoms with Gasteiger partial charge in [-0.15, -0.1) is 0 Å². The molecular weight excluding hydrogens is 316 g/mol. The van der Waals surface area contributed by atoms with Crippen LogP contribution in [0.3, 0.4) is 0 Å². The highest BCUT2D eigenvalue weighted by Gasteiger charge is 2.21. The molecule has 1 atom stereocenters. The van der Waals surface area contributed by atoms with Gasteiger partial charge in [-0.25, -0.2) is 9.59 Å². The van der Waals surface area contributed by atoms with Gasteiger partial charge in [-0.3, -0.25) is 0 Å². The van der Waals surface area contributed by atoms with Crippen LogP contribution < -0.4 is 0 Å². The Balaban J connectivity index is 2.14. The molecule has 4 heteroatoms. The highest BCUT2D eigenvalue weighted by Crippen LogP contribution is 2.31. The third kappa shape index (κ3) is 5.73. The molecule has 1 unspecified atom stereocenters. The van der Waals surface area contributed by atoms with Crippen molar-refractivity contribution in [3.05, 3.63) is 41.0 Å². The second kappa shape index (κ2) is 9.40. The number of ether oxygens (including phenoxy) is 1. The lowest BCUT2D eigenvalue weighted by atomic mass is 9.91. The van der Waals surface area contributed by atoms with Crippen LogP contribution >= 0.6 is 0 Å². The van der Waals surface area contributed by atoms with Gasteiger partial charge in [-0.1, -0.05) is 56.9 Å². The summed E-state index contributed by atoms with van der Waals surface area (Å²) in [4.78, 5) is 23.4. The van der Waals surface area contributed by atoms with Crippen molar-refractivity contribution in [2.45, 2.75) is 70.8 Å². The number of benzene rings is 1. The lowest BCUT2D eigenvalue weighted by molar-refractivity contribution is -0.147. The van der Waals surface area contributed by atoms with Crippen molar-refractivity contribution in [1.29, 1.82) is 0 Å². The van der Waals surface area contributed by atoms with Crippen LogP contribution in [0.5, 0.6) is 0 Å². The topological polar surface area (TPSA) is 63.6 Å². The zero-order chi connectivity index (χ0) is 18.2. The number of carboxylic acid groups (broad SMARTS) is 1. The molecule has 0 spiro atoms. The Labute approximate surface area is 149 Å². The fraction of sp³-hybridized carbons (Fsp3) is 0.524. The molecule has 0 saturated heterocycles. The van der Waals surface area contributed by atoms with Gasteiger partial charge in [-0.2, -0.15) is 0 Å². The largest absolute Gasteiger partial charge is 0.477 e. The SMILES string of the molecule is CCC(C)OC(=O)C(=Cc1ccc(C2CCCCCC2)cc1)C(=O)O. The van der Waals surface area contributed by atoms with E-state index < -0.39 is 11.9 Å². The third-order valence-corrected chi connectivity index (χ3v) is 4.91. The molecule has 0 heterocycles. The quantitative estimate of drug-likeness (QED) is 0.261. The molecule has 25 heavy (non-hydrogen) atoms. The molecule has 1 saturated carbocycles. The monoisotopic (exact) mass is 344 g/mol. The number of hydrogen-bond acceptors (Lipinski definition) is 3. The van der Waals surface area contributed by atoms with E-state index in [1.54, 1.807) is 6.92 Å². The number of aliphatic carboxylic acids is 1. The van der Waals surface area contributed by atoms with Crippen molar-refractivity contribution in [2.24, 2.45) is 0 Å². The first-order chi connectivity index (χ1) is 12.0. The zero-order valence-electron chi connectivity index (χ0n) is 15.2. The van der Waals surface area contributed by atoms with E-state index in [1.807, 2.05) is 19.1 Å². The molecule has 1 aliphatic rings. The standard InChI is InChI=1S/C21H28O4/c1-3-15(2)25-21(24)19(20(22)23)14-16-10-12-18(13-11-16)17-8-6-4-5-7-9-17/h10-15,17H,3-9H2,1-2H3,(H,22,23). The Morgan fingerprint density at radius 3 is 2.28 bits per heavy atom. The number of carbonyl (C=O) groups is 2. The Hall–Kier alpha value is -2.10. The minimum atomic E-state index is -1.26. The molecule has 1 fully saturated rings. The summed E-state index contributed by atoms with van der Waals surface area (Å²) in [5.41, 5.74) is 1.68. The molecule has 0 radical (unpaired) electrons. The third-order valence-electron chi connectivity index (χ3n) is 4.91. The molecule has 0 aromatic heterocycles. The predicted molar refractivity (Wildman–Crippen MR) is 98.3 cm³/mol. The van der Waals surface area contributed by atoms with Crippen molar-refractivity contribution in [3.63, 3.8) is 0 Å². The smallest absolute Gasteiger partial charge is 0.345 e. The van der Waals surface area contributed by atoms with Crippen LogP contribution in [0.15, 0.2) is 29.8 Å². The van der Waals surface area contributed by atoms with Gasteiger partial charge >= 0.3 is 11.9 Å². The van der Waals surface area contributed by atoms with E-state index in [-0.39, 0.29) is 11.7 Å². The van der Waals surface area contributed by atoms with E-state index in [9.17, 15) is 14.7 Å². The average Bonchev–Trinajstić information content (AvgIpc) is 2.89. The molecule has 0 aliphatic heterocycles. The van der Waals surface area contributed by atoms with Crippen molar-refractivity contribution < 1.29 is 19.4 Å². The van der Waals surface area contributed by atoms with E-state index in [0.29, 0.717) is 17.9 Å². The van der Waals surface area contributed by atoms with Crippen molar-refractivity contribution in [3.8, 4) is 0 Å². The molecule has 1 N–H and O–H groups in total. The van der Waals surface area contributed by atoms with Crippen LogP contribution in [-0.4, -0.2) is 23.1 Å². The van der Waals surface area contributed by atoms with Gasteiger partial charge in [0.25, 0.3) is 0 Å². The first-order valence-electron chi connectivity index (χ1n) is 9.27. The molecule has 1 aromatic rings. The number of rotatable bonds is 6. The molecule has 2 rings (SSSR count). The Kier molecular flexibility index (Phi) is 7.23. The van der Waals surface area contributed by atoms with Gasteiger partial charge in [-0.05, 0) is 49.3 Å². The van der Waals surface area contributed by atoms with Crippen LogP contribution in [0.4, 0.5) is 0 Å². The summed E-state index contributed by atoms with van der Waals surface area (Å²) in [6.45, 7) is 3.63. The number of hydrogen-bond donors (Lipinski definition) is 1. The molecule has 1 aromatic carbocycles. The van der Waals surface area contributed by atoms with Crippen LogP contribution in [0.1, 0.15) is 75.8 Å². The van der Waals surface area contributed by atoms with Gasteiger partial charge < -0.3 is 9.84 Å². The predicted octanol–water partition coefficient (Wildman–Crippen LogP) is 4.93. The Morgan fingerprint density at radius 2 is 1.76 bits per heavy atom. The van der Waals surface area contributed by atoms with Gasteiger partial charge in [0.2, 0.25) is 0 Å². The van der Waals surface area contributed by atoms with E-state index in [4.69, 9.17) is 4.74 Å². The fourth-order valence-electron chi connectivity index (χ4n) is 3.18. The Bertz CT molecular complexity index is 607.